The Bertz CT molecular complexity index is 287. The monoisotopic (exact) mass is 187 g/mol. The summed E-state index contributed by atoms with van der Waals surface area (Å²) in [4.78, 5) is 22.4. The minimum atomic E-state index is -1.39. The lowest BCUT2D eigenvalue weighted by molar-refractivity contribution is -0.141. The van der Waals surface area contributed by atoms with E-state index in [0.717, 1.165) is 0 Å². The standard InChI is InChI=1S/C6H5NO4S/c8-3-1-5-7(3)4(2-12-5)11-6(9)10/h2,5H,1H2,(H,9,10)/t5-/m0/s1. The number of fused-ring (bicyclic) bond motifs is 1. The van der Waals surface area contributed by atoms with Crippen LogP contribution in [0.15, 0.2) is 11.3 Å². The average molecular weight is 187 g/mol. The van der Waals surface area contributed by atoms with Crippen molar-refractivity contribution in [3.05, 3.63) is 11.3 Å². The van der Waals surface area contributed by atoms with E-state index >= 15 is 0 Å². The van der Waals surface area contributed by atoms with Crippen LogP contribution in [0.3, 0.4) is 0 Å². The summed E-state index contributed by atoms with van der Waals surface area (Å²) in [7, 11) is 0. The van der Waals surface area contributed by atoms with Gasteiger partial charge in [-0.15, -0.1) is 11.8 Å². The first-order chi connectivity index (χ1) is 5.68. The molecular weight excluding hydrogens is 182 g/mol. The molecule has 1 saturated heterocycles. The van der Waals surface area contributed by atoms with Crippen LogP contribution in [0.2, 0.25) is 0 Å². The molecule has 1 fully saturated rings. The first-order valence-electron chi connectivity index (χ1n) is 3.27. The third kappa shape index (κ3) is 0.953. The van der Waals surface area contributed by atoms with Gasteiger partial charge in [0.25, 0.3) is 0 Å². The van der Waals surface area contributed by atoms with Gasteiger partial charge in [0, 0.05) is 5.41 Å². The molecule has 12 heavy (non-hydrogen) atoms. The van der Waals surface area contributed by atoms with Crippen LogP contribution in [0.5, 0.6) is 0 Å². The molecule has 2 rings (SSSR count). The zero-order valence-electron chi connectivity index (χ0n) is 5.89. The normalized spacial score (nSPS) is 26.0. The fourth-order valence-electron chi connectivity index (χ4n) is 1.12. The Morgan fingerprint density at radius 1 is 1.83 bits per heavy atom. The molecule has 0 radical (unpaired) electrons. The van der Waals surface area contributed by atoms with Crippen LogP contribution in [-0.4, -0.2) is 27.4 Å². The van der Waals surface area contributed by atoms with E-state index in [-0.39, 0.29) is 17.2 Å². The van der Waals surface area contributed by atoms with Crippen molar-refractivity contribution in [1.29, 1.82) is 0 Å². The summed E-state index contributed by atoms with van der Waals surface area (Å²) < 4.78 is 4.38. The number of thioether (sulfide) groups is 1. The number of carbonyl (C=O) groups is 2. The van der Waals surface area contributed by atoms with Crippen molar-refractivity contribution in [2.75, 3.05) is 0 Å². The van der Waals surface area contributed by atoms with Gasteiger partial charge in [0.05, 0.1) is 11.8 Å². The second-order valence-corrected chi connectivity index (χ2v) is 3.43. The van der Waals surface area contributed by atoms with Crippen LogP contribution in [0.4, 0.5) is 4.79 Å². The number of amides is 1. The summed E-state index contributed by atoms with van der Waals surface area (Å²) in [5, 5.41) is 9.89. The first-order valence-corrected chi connectivity index (χ1v) is 4.21. The quantitative estimate of drug-likeness (QED) is 0.485. The Kier molecular flexibility index (Phi) is 1.50. The van der Waals surface area contributed by atoms with Crippen molar-refractivity contribution < 1.29 is 19.4 Å². The Balaban J connectivity index is 2.07. The third-order valence-corrected chi connectivity index (χ3v) is 2.69. The molecule has 2 aliphatic rings. The van der Waals surface area contributed by atoms with E-state index in [1.165, 1.54) is 16.7 Å². The summed E-state index contributed by atoms with van der Waals surface area (Å²) in [5.74, 6) is 0.0475. The molecule has 0 unspecified atom stereocenters. The number of nitrogens with zero attached hydrogens (tertiary/aromatic N) is 1. The molecule has 1 N–H and O–H groups in total. The molecule has 1 amide bonds. The largest absolute Gasteiger partial charge is 0.512 e. The lowest BCUT2D eigenvalue weighted by atomic mass is 10.2. The molecule has 1 atom stereocenters. The fourth-order valence-corrected chi connectivity index (χ4v) is 2.13. The van der Waals surface area contributed by atoms with Crippen LogP contribution in [0, 0.1) is 0 Å². The molecule has 0 spiro atoms. The van der Waals surface area contributed by atoms with E-state index in [1.54, 1.807) is 5.41 Å². The van der Waals surface area contributed by atoms with Gasteiger partial charge in [-0.05, 0) is 0 Å². The molecule has 6 heteroatoms. The second kappa shape index (κ2) is 2.41. The predicted octanol–water partition coefficient (Wildman–Crippen LogP) is 0.785. The highest BCUT2D eigenvalue weighted by Crippen LogP contribution is 2.40. The fraction of sp³-hybridized carbons (Fsp3) is 0.333. The van der Waals surface area contributed by atoms with Gasteiger partial charge >= 0.3 is 6.16 Å². The first kappa shape index (κ1) is 7.48. The number of hydrogen-bond acceptors (Lipinski definition) is 4. The summed E-state index contributed by atoms with van der Waals surface area (Å²) in [6, 6.07) is 0. The lowest BCUT2D eigenvalue weighted by Crippen LogP contribution is -2.47. The van der Waals surface area contributed by atoms with Crippen molar-refractivity contribution in [3.63, 3.8) is 0 Å². The Morgan fingerprint density at radius 3 is 3.17 bits per heavy atom. The van der Waals surface area contributed by atoms with Crippen LogP contribution < -0.4 is 0 Å². The highest BCUT2D eigenvalue weighted by molar-refractivity contribution is 8.03. The van der Waals surface area contributed by atoms with Crippen LogP contribution in [0.1, 0.15) is 6.42 Å². The van der Waals surface area contributed by atoms with Crippen molar-refractivity contribution in [2.45, 2.75) is 11.8 Å². The minimum Gasteiger partial charge on any atom is -0.449 e. The maximum absolute atomic E-state index is 10.9. The number of hydrogen-bond donors (Lipinski definition) is 1. The van der Waals surface area contributed by atoms with Crippen LogP contribution in [0.25, 0.3) is 0 Å². The Labute approximate surface area is 72.0 Å². The van der Waals surface area contributed by atoms with Gasteiger partial charge in [-0.2, -0.15) is 0 Å². The van der Waals surface area contributed by atoms with Crippen molar-refractivity contribution in [1.82, 2.24) is 4.90 Å². The molecule has 0 aromatic heterocycles. The number of carbonyl (C=O) groups excluding carboxylic acids is 1. The summed E-state index contributed by atoms with van der Waals surface area (Å²) in [5.41, 5.74) is 0. The molecule has 5 nitrogen and oxygen atoms in total. The van der Waals surface area contributed by atoms with Crippen molar-refractivity contribution >= 4 is 23.8 Å². The number of β-lactam (4-membered cyclic amide) rings is 1. The van der Waals surface area contributed by atoms with Crippen LogP contribution >= 0.6 is 11.8 Å². The zero-order chi connectivity index (χ0) is 8.72. The molecule has 0 saturated carbocycles. The van der Waals surface area contributed by atoms with E-state index in [1.807, 2.05) is 0 Å². The van der Waals surface area contributed by atoms with Gasteiger partial charge in [0.1, 0.15) is 0 Å². The predicted molar refractivity (Wildman–Crippen MR) is 40.0 cm³/mol. The molecule has 0 bridgehead atoms. The third-order valence-electron chi connectivity index (χ3n) is 1.66. The van der Waals surface area contributed by atoms with Gasteiger partial charge in [0.2, 0.25) is 11.8 Å². The molecule has 0 aliphatic carbocycles. The molecule has 2 aliphatic heterocycles. The highest BCUT2D eigenvalue weighted by Gasteiger charge is 2.44. The van der Waals surface area contributed by atoms with Gasteiger partial charge in [-0.3, -0.25) is 9.69 Å². The minimum absolute atomic E-state index is 0.0619. The Hall–Kier alpha value is -1.17. The van der Waals surface area contributed by atoms with Crippen molar-refractivity contribution in [3.8, 4) is 0 Å². The maximum Gasteiger partial charge on any atom is 0.512 e. The zero-order valence-corrected chi connectivity index (χ0v) is 6.71. The molecule has 2 heterocycles. The highest BCUT2D eigenvalue weighted by atomic mass is 32.2. The average Bonchev–Trinajstić information content (AvgIpc) is 2.24. The molecule has 64 valence electrons. The molecule has 0 aromatic carbocycles. The van der Waals surface area contributed by atoms with E-state index < -0.39 is 6.16 Å². The summed E-state index contributed by atoms with van der Waals surface area (Å²) >= 11 is 1.40. The summed E-state index contributed by atoms with van der Waals surface area (Å²) in [6.07, 6.45) is -0.921. The van der Waals surface area contributed by atoms with E-state index in [2.05, 4.69) is 4.74 Å². The molecular formula is C6H5NO4S. The van der Waals surface area contributed by atoms with Gasteiger partial charge in [0.15, 0.2) is 0 Å². The number of carboxylic acid groups (broad SMARTS) is 1. The number of rotatable bonds is 1. The molecule has 0 aromatic rings. The maximum atomic E-state index is 10.9. The van der Waals surface area contributed by atoms with Gasteiger partial charge < -0.3 is 9.84 Å². The SMILES string of the molecule is O=C(O)OC1=CS[C@H]2CC(=O)N12. The Morgan fingerprint density at radius 2 is 2.58 bits per heavy atom. The van der Waals surface area contributed by atoms with E-state index in [0.29, 0.717) is 6.42 Å². The topological polar surface area (TPSA) is 66.8 Å². The van der Waals surface area contributed by atoms with E-state index in [4.69, 9.17) is 5.11 Å². The lowest BCUT2D eigenvalue weighted by Gasteiger charge is -2.33. The van der Waals surface area contributed by atoms with Gasteiger partial charge in [-0.1, -0.05) is 0 Å². The number of ether oxygens (including phenoxy) is 1. The smallest absolute Gasteiger partial charge is 0.449 e. The summed E-state index contributed by atoms with van der Waals surface area (Å²) in [6.45, 7) is 0. The van der Waals surface area contributed by atoms with Crippen molar-refractivity contribution in [2.24, 2.45) is 0 Å². The van der Waals surface area contributed by atoms with Crippen LogP contribution in [-0.2, 0) is 9.53 Å². The second-order valence-electron chi connectivity index (χ2n) is 2.38. The van der Waals surface area contributed by atoms with Gasteiger partial charge in [-0.25, -0.2) is 4.79 Å². The van der Waals surface area contributed by atoms with E-state index in [9.17, 15) is 9.59 Å².